The molecule has 0 atom stereocenters. The van der Waals surface area contributed by atoms with E-state index in [0.29, 0.717) is 29.5 Å². The Labute approximate surface area is 181 Å². The smallest absolute Gasteiger partial charge is 0.325 e. The van der Waals surface area contributed by atoms with Crippen molar-refractivity contribution in [1.29, 1.82) is 0 Å². The van der Waals surface area contributed by atoms with E-state index in [0.717, 1.165) is 24.0 Å². The molecule has 1 heterocycles. The molecule has 7 heteroatoms. The molecule has 1 aromatic heterocycles. The zero-order valence-electron chi connectivity index (χ0n) is 17.7. The van der Waals surface area contributed by atoms with Crippen molar-refractivity contribution < 1.29 is 23.5 Å². The minimum atomic E-state index is -0.562. The molecule has 0 unspecified atom stereocenters. The molecule has 2 aromatic carbocycles. The number of carbonyl (C=O) groups is 2. The van der Waals surface area contributed by atoms with Crippen LogP contribution in [0.5, 0.6) is 5.75 Å². The molecule has 1 N–H and O–H groups in total. The van der Waals surface area contributed by atoms with E-state index in [4.69, 9.17) is 13.9 Å². The molecule has 0 fully saturated rings. The number of nitrogens with zero attached hydrogens (tertiary/aromatic N) is 1. The zero-order valence-corrected chi connectivity index (χ0v) is 17.7. The number of unbranched alkanes of at least 4 members (excludes halogenated alkanes) is 1. The van der Waals surface area contributed by atoms with Gasteiger partial charge in [0.1, 0.15) is 30.9 Å². The maximum atomic E-state index is 12.2. The quantitative estimate of drug-likeness (QED) is 0.387. The number of esters is 1. The molecule has 0 aliphatic heterocycles. The molecule has 0 radical (unpaired) electrons. The van der Waals surface area contributed by atoms with Gasteiger partial charge in [-0.3, -0.25) is 9.59 Å². The van der Waals surface area contributed by atoms with Gasteiger partial charge in [-0.2, -0.15) is 0 Å². The van der Waals surface area contributed by atoms with Gasteiger partial charge in [-0.15, -0.1) is 0 Å². The van der Waals surface area contributed by atoms with Crippen molar-refractivity contribution in [3.05, 3.63) is 71.6 Å². The summed E-state index contributed by atoms with van der Waals surface area (Å²) < 4.78 is 16.2. The van der Waals surface area contributed by atoms with Crippen molar-refractivity contribution in [3.8, 4) is 17.2 Å². The summed E-state index contributed by atoms with van der Waals surface area (Å²) in [6.07, 6.45) is 3.48. The fourth-order valence-corrected chi connectivity index (χ4v) is 2.70. The maximum Gasteiger partial charge on any atom is 0.325 e. The molecular formula is C24H26N2O5. The van der Waals surface area contributed by atoms with Crippen molar-refractivity contribution >= 4 is 11.9 Å². The number of amides is 1. The molecule has 31 heavy (non-hydrogen) atoms. The molecule has 1 amide bonds. The van der Waals surface area contributed by atoms with Crippen LogP contribution in [-0.2, 0) is 16.1 Å². The number of aryl methyl sites for hydroxylation is 1. The third-order valence-corrected chi connectivity index (χ3v) is 4.51. The van der Waals surface area contributed by atoms with E-state index in [1.54, 1.807) is 24.3 Å². The topological polar surface area (TPSA) is 90.7 Å². The molecule has 0 saturated carbocycles. The van der Waals surface area contributed by atoms with Gasteiger partial charge in [0, 0.05) is 11.1 Å². The van der Waals surface area contributed by atoms with Crippen LogP contribution in [0.4, 0.5) is 0 Å². The largest absolute Gasteiger partial charge is 0.494 e. The van der Waals surface area contributed by atoms with Crippen molar-refractivity contribution in [1.82, 2.24) is 10.3 Å². The molecular weight excluding hydrogens is 396 g/mol. The van der Waals surface area contributed by atoms with Gasteiger partial charge >= 0.3 is 5.97 Å². The average Bonchev–Trinajstić information content (AvgIpc) is 3.26. The highest BCUT2D eigenvalue weighted by Gasteiger charge is 2.12. The van der Waals surface area contributed by atoms with Crippen LogP contribution in [0.3, 0.4) is 0 Å². The summed E-state index contributed by atoms with van der Waals surface area (Å²) in [5, 5.41) is 2.54. The molecule has 0 spiro atoms. The second-order valence-corrected chi connectivity index (χ2v) is 7.08. The minimum Gasteiger partial charge on any atom is -0.494 e. The lowest BCUT2D eigenvalue weighted by Crippen LogP contribution is -2.30. The van der Waals surface area contributed by atoms with Crippen molar-refractivity contribution in [2.45, 2.75) is 33.3 Å². The normalized spacial score (nSPS) is 10.5. The van der Waals surface area contributed by atoms with Crippen LogP contribution in [0.15, 0.2) is 59.2 Å². The van der Waals surface area contributed by atoms with E-state index in [9.17, 15) is 9.59 Å². The first kappa shape index (κ1) is 22.1. The van der Waals surface area contributed by atoms with E-state index >= 15 is 0 Å². The Balaban J connectivity index is 1.42. The van der Waals surface area contributed by atoms with E-state index in [-0.39, 0.29) is 19.1 Å². The lowest BCUT2D eigenvalue weighted by atomic mass is 10.1. The second kappa shape index (κ2) is 11.0. The number of carbonyl (C=O) groups excluding carboxylic acids is 2. The highest BCUT2D eigenvalue weighted by Crippen LogP contribution is 2.19. The van der Waals surface area contributed by atoms with Crippen LogP contribution in [0.2, 0.25) is 0 Å². The Kier molecular flexibility index (Phi) is 7.81. The number of rotatable bonds is 10. The van der Waals surface area contributed by atoms with Crippen molar-refractivity contribution in [2.75, 3.05) is 13.2 Å². The number of nitrogens with one attached hydrogen (secondary N) is 1. The van der Waals surface area contributed by atoms with Gasteiger partial charge < -0.3 is 19.2 Å². The van der Waals surface area contributed by atoms with Crippen LogP contribution in [0.1, 0.15) is 41.4 Å². The maximum absolute atomic E-state index is 12.2. The lowest BCUT2D eigenvalue weighted by Gasteiger charge is -2.07. The molecule has 0 aliphatic carbocycles. The molecule has 0 aliphatic rings. The Morgan fingerprint density at radius 3 is 2.52 bits per heavy atom. The number of hydrogen-bond donors (Lipinski definition) is 1. The Morgan fingerprint density at radius 1 is 1.06 bits per heavy atom. The monoisotopic (exact) mass is 422 g/mol. The number of benzene rings is 2. The average molecular weight is 422 g/mol. The first-order valence-corrected chi connectivity index (χ1v) is 10.2. The predicted molar refractivity (Wildman–Crippen MR) is 116 cm³/mol. The standard InChI is InChI=1S/C24H26N2O5/c1-3-4-13-29-21-11-9-18(10-12-21)23(28)25-14-22(27)30-15-20-16-31-24(26-20)19-7-5-17(2)6-8-19/h5-12,16H,3-4,13-15H2,1-2H3,(H,25,28). The molecule has 7 nitrogen and oxygen atoms in total. The van der Waals surface area contributed by atoms with Crippen LogP contribution in [-0.4, -0.2) is 30.0 Å². The zero-order chi connectivity index (χ0) is 22.1. The Morgan fingerprint density at radius 2 is 1.81 bits per heavy atom. The summed E-state index contributed by atoms with van der Waals surface area (Å²) in [5.41, 5.74) is 2.92. The third-order valence-electron chi connectivity index (χ3n) is 4.51. The third kappa shape index (κ3) is 6.70. The number of ether oxygens (including phenoxy) is 2. The lowest BCUT2D eigenvalue weighted by molar-refractivity contribution is -0.143. The summed E-state index contributed by atoms with van der Waals surface area (Å²) in [7, 11) is 0. The van der Waals surface area contributed by atoms with Gasteiger partial charge in [0.25, 0.3) is 5.91 Å². The number of aromatic nitrogens is 1. The van der Waals surface area contributed by atoms with Crippen LogP contribution >= 0.6 is 0 Å². The van der Waals surface area contributed by atoms with Crippen LogP contribution < -0.4 is 10.1 Å². The van der Waals surface area contributed by atoms with E-state index < -0.39 is 5.97 Å². The molecule has 0 saturated heterocycles. The van der Waals surface area contributed by atoms with Crippen LogP contribution in [0, 0.1) is 6.92 Å². The highest BCUT2D eigenvalue weighted by molar-refractivity contribution is 5.96. The van der Waals surface area contributed by atoms with Gasteiger partial charge in [0.15, 0.2) is 0 Å². The van der Waals surface area contributed by atoms with Crippen LogP contribution in [0.25, 0.3) is 11.5 Å². The molecule has 3 rings (SSSR count). The second-order valence-electron chi connectivity index (χ2n) is 7.08. The summed E-state index contributed by atoms with van der Waals surface area (Å²) in [5.74, 6) is 0.247. The highest BCUT2D eigenvalue weighted by atomic mass is 16.5. The van der Waals surface area contributed by atoms with Gasteiger partial charge in [0.2, 0.25) is 5.89 Å². The number of oxazole rings is 1. The Hall–Kier alpha value is -3.61. The molecule has 3 aromatic rings. The van der Waals surface area contributed by atoms with Gasteiger partial charge in [-0.25, -0.2) is 4.98 Å². The summed E-state index contributed by atoms with van der Waals surface area (Å²) in [6, 6.07) is 14.5. The van der Waals surface area contributed by atoms with Gasteiger partial charge in [-0.05, 0) is 49.7 Å². The summed E-state index contributed by atoms with van der Waals surface area (Å²) in [6.45, 7) is 4.47. The fourth-order valence-electron chi connectivity index (χ4n) is 2.70. The van der Waals surface area contributed by atoms with Gasteiger partial charge in [-0.1, -0.05) is 31.0 Å². The fraction of sp³-hybridized carbons (Fsp3) is 0.292. The van der Waals surface area contributed by atoms with E-state index in [1.165, 1.54) is 6.26 Å². The van der Waals surface area contributed by atoms with E-state index in [1.807, 2.05) is 31.2 Å². The molecule has 162 valence electrons. The molecule has 0 bridgehead atoms. The minimum absolute atomic E-state index is 0.0339. The van der Waals surface area contributed by atoms with E-state index in [2.05, 4.69) is 17.2 Å². The van der Waals surface area contributed by atoms with Gasteiger partial charge in [0.05, 0.1) is 6.61 Å². The van der Waals surface area contributed by atoms with Crippen molar-refractivity contribution in [2.24, 2.45) is 0 Å². The summed E-state index contributed by atoms with van der Waals surface area (Å²) in [4.78, 5) is 28.5. The first-order chi connectivity index (χ1) is 15.0. The van der Waals surface area contributed by atoms with Crippen molar-refractivity contribution in [3.63, 3.8) is 0 Å². The first-order valence-electron chi connectivity index (χ1n) is 10.2. The summed E-state index contributed by atoms with van der Waals surface area (Å²) >= 11 is 0. The Bertz CT molecular complexity index is 994. The predicted octanol–water partition coefficient (Wildman–Crippen LogP) is 4.30. The number of hydrogen-bond acceptors (Lipinski definition) is 6. The SMILES string of the molecule is CCCCOc1ccc(C(=O)NCC(=O)OCc2coc(-c3ccc(C)cc3)n2)cc1.